The summed E-state index contributed by atoms with van der Waals surface area (Å²) in [6.45, 7) is 3.11. The fourth-order valence-corrected chi connectivity index (χ4v) is 1.86. The average molecular weight is 910 g/mol. The fourth-order valence-electron chi connectivity index (χ4n) is 1.86. The molecular formula is C9H15Ac3N3O4. The van der Waals surface area contributed by atoms with E-state index in [0.29, 0.717) is 11.6 Å². The van der Waals surface area contributed by atoms with Gasteiger partial charge >= 0.3 is 0 Å². The summed E-state index contributed by atoms with van der Waals surface area (Å²) < 4.78 is 6.74. The van der Waals surface area contributed by atoms with Crippen molar-refractivity contribution in [3.63, 3.8) is 0 Å². The maximum atomic E-state index is 9.77. The number of nitrogens with zero attached hydrogens (tertiary/aromatic N) is 3. The maximum absolute atomic E-state index is 9.77. The van der Waals surface area contributed by atoms with E-state index in [9.17, 15) is 10.2 Å². The summed E-state index contributed by atoms with van der Waals surface area (Å²) in [5.74, 6) is 1.16. The molecule has 1 aromatic rings. The second kappa shape index (κ2) is 11.0. The fraction of sp³-hybridized carbons (Fsp3) is 0.778. The molecule has 1 saturated heterocycles. The summed E-state index contributed by atoms with van der Waals surface area (Å²) in [6, 6.07) is 0. The molecule has 0 spiro atoms. The Morgan fingerprint density at radius 2 is 1.74 bits per heavy atom. The molecule has 1 fully saturated rings. The Hall–Kier alpha value is 3.30. The largest absolute Gasteiger partial charge is 0.394 e. The maximum Gasteiger partial charge on any atom is 0.181 e. The van der Waals surface area contributed by atoms with Crippen molar-refractivity contribution in [1.82, 2.24) is 14.8 Å². The molecule has 10 heteroatoms. The minimum atomic E-state index is -1.11. The number of rotatable bonds is 2. The summed E-state index contributed by atoms with van der Waals surface area (Å²) in [4.78, 5) is 4.08. The van der Waals surface area contributed by atoms with Crippen LogP contribution in [0.2, 0.25) is 0 Å². The number of ether oxygens (including phenoxy) is 1. The van der Waals surface area contributed by atoms with E-state index >= 15 is 0 Å². The Balaban J connectivity index is 0. The van der Waals surface area contributed by atoms with Crippen LogP contribution in [0, 0.1) is 146 Å². The molecule has 7 nitrogen and oxygen atoms in total. The molecule has 2 heterocycles. The number of aromatic nitrogens is 3. The Bertz CT molecular complexity index is 393. The molecular weight excluding hydrogens is 895 g/mol. The zero-order valence-corrected chi connectivity index (χ0v) is 25.1. The van der Waals surface area contributed by atoms with Gasteiger partial charge in [-0.15, -0.1) is 0 Å². The van der Waals surface area contributed by atoms with Crippen molar-refractivity contribution in [2.45, 2.75) is 38.4 Å². The van der Waals surface area contributed by atoms with Gasteiger partial charge in [0.1, 0.15) is 30.0 Å². The molecule has 1 aromatic heterocycles. The smallest absolute Gasteiger partial charge is 0.181 e. The van der Waals surface area contributed by atoms with Crippen LogP contribution in [0.15, 0.2) is 0 Å². The van der Waals surface area contributed by atoms with Crippen LogP contribution in [0.4, 0.5) is 0 Å². The Morgan fingerprint density at radius 3 is 2.11 bits per heavy atom. The molecule has 0 aromatic carbocycles. The first kappa shape index (κ1) is 24.6. The van der Waals surface area contributed by atoms with Crippen molar-refractivity contribution in [1.29, 1.82) is 0 Å². The molecule has 3 radical (unpaired) electrons. The summed E-state index contributed by atoms with van der Waals surface area (Å²) in [5, 5.41) is 32.4. The molecule has 0 bridgehead atoms. The van der Waals surface area contributed by atoms with Gasteiger partial charge in [-0.05, 0) is 13.8 Å². The third kappa shape index (κ3) is 5.71. The number of aliphatic hydroxyl groups excluding tert-OH is 3. The van der Waals surface area contributed by atoms with E-state index in [1.54, 1.807) is 13.8 Å². The van der Waals surface area contributed by atoms with Crippen LogP contribution in [0.5, 0.6) is 0 Å². The van der Waals surface area contributed by atoms with Crippen LogP contribution in [0.1, 0.15) is 17.9 Å². The number of hydrogen-bond acceptors (Lipinski definition) is 6. The van der Waals surface area contributed by atoms with E-state index in [4.69, 9.17) is 9.84 Å². The van der Waals surface area contributed by atoms with Gasteiger partial charge in [0.15, 0.2) is 6.23 Å². The quantitative estimate of drug-likeness (QED) is 0.335. The van der Waals surface area contributed by atoms with Crippen LogP contribution in [0.25, 0.3) is 0 Å². The zero-order valence-electron chi connectivity index (χ0n) is 10.8. The average Bonchev–Trinajstić information content (AvgIpc) is 2.70. The number of aryl methyl sites for hydroxylation is 2. The van der Waals surface area contributed by atoms with E-state index in [0.717, 1.165) is 0 Å². The molecule has 0 aliphatic carbocycles. The topological polar surface area (TPSA) is 101 Å². The molecule has 2 rings (SSSR count). The van der Waals surface area contributed by atoms with Gasteiger partial charge in [0, 0.05) is 132 Å². The number of hydrogen-bond donors (Lipinski definition) is 3. The third-order valence-electron chi connectivity index (χ3n) is 2.67. The first-order valence-electron chi connectivity index (χ1n) is 5.06. The first-order chi connectivity index (χ1) is 7.54. The summed E-state index contributed by atoms with van der Waals surface area (Å²) in [5.41, 5.74) is 0. The SMILES string of the molecule is Cc1nc(C)n(C2OC(CO)C(O)C2O)n1.[Ac].[Ac].[Ac]. The van der Waals surface area contributed by atoms with Gasteiger partial charge in [-0.1, -0.05) is 0 Å². The molecule has 0 saturated carbocycles. The first-order valence-corrected chi connectivity index (χ1v) is 5.06. The summed E-state index contributed by atoms with van der Waals surface area (Å²) >= 11 is 0. The van der Waals surface area contributed by atoms with Gasteiger partial charge in [0.05, 0.1) is 6.61 Å². The second-order valence-corrected chi connectivity index (χ2v) is 3.88. The van der Waals surface area contributed by atoms with Gasteiger partial charge in [0.25, 0.3) is 0 Å². The van der Waals surface area contributed by atoms with Crippen LogP contribution in [0.3, 0.4) is 0 Å². The third-order valence-corrected chi connectivity index (χ3v) is 2.67. The van der Waals surface area contributed by atoms with Crippen LogP contribution in [-0.4, -0.2) is 55.0 Å². The van der Waals surface area contributed by atoms with E-state index in [1.165, 1.54) is 4.68 Å². The molecule has 99 valence electrons. The molecule has 3 N–H and O–H groups in total. The van der Waals surface area contributed by atoms with Crippen molar-refractivity contribution < 1.29 is 152 Å². The van der Waals surface area contributed by atoms with Crippen molar-refractivity contribution in [3.8, 4) is 0 Å². The van der Waals surface area contributed by atoms with Gasteiger partial charge in [-0.2, -0.15) is 5.10 Å². The van der Waals surface area contributed by atoms with Crippen molar-refractivity contribution in [2.75, 3.05) is 6.61 Å². The Morgan fingerprint density at radius 1 is 1.16 bits per heavy atom. The summed E-state index contributed by atoms with van der Waals surface area (Å²) in [6.07, 6.45) is -3.81. The van der Waals surface area contributed by atoms with Crippen molar-refractivity contribution in [3.05, 3.63) is 11.6 Å². The summed E-state index contributed by atoms with van der Waals surface area (Å²) in [7, 11) is 0. The van der Waals surface area contributed by atoms with Crippen LogP contribution >= 0.6 is 0 Å². The van der Waals surface area contributed by atoms with Crippen molar-refractivity contribution >= 4 is 0 Å². The monoisotopic (exact) mass is 910 g/mol. The molecule has 4 atom stereocenters. The Kier molecular flexibility index (Phi) is 14.2. The standard InChI is InChI=1S/C9H15N3O4.3Ac/c1-4-10-5(2)12(11-4)9-8(15)7(14)6(3-13)16-9;;;/h6-9,13-15H,3H2,1-2H3;;;. The van der Waals surface area contributed by atoms with Gasteiger partial charge in [0.2, 0.25) is 0 Å². The number of aliphatic hydroxyl groups is 3. The van der Waals surface area contributed by atoms with E-state index < -0.39 is 24.5 Å². The Labute approximate surface area is 218 Å². The van der Waals surface area contributed by atoms with Gasteiger partial charge in [-0.25, -0.2) is 9.67 Å². The molecule has 19 heavy (non-hydrogen) atoms. The zero-order chi connectivity index (χ0) is 11.9. The van der Waals surface area contributed by atoms with E-state index in [-0.39, 0.29) is 139 Å². The van der Waals surface area contributed by atoms with Crippen LogP contribution < -0.4 is 0 Å². The van der Waals surface area contributed by atoms with Crippen molar-refractivity contribution in [2.24, 2.45) is 0 Å². The molecule has 1 aliphatic rings. The normalized spacial score (nSPS) is 29.1. The minimum Gasteiger partial charge on any atom is -0.394 e. The molecule has 4 unspecified atom stereocenters. The van der Waals surface area contributed by atoms with Crippen LogP contribution in [-0.2, 0) is 4.74 Å². The molecule has 0 amide bonds. The predicted octanol–water partition coefficient (Wildman–Crippen LogP) is -1.49. The predicted molar refractivity (Wildman–Crippen MR) is 52.5 cm³/mol. The van der Waals surface area contributed by atoms with E-state index in [2.05, 4.69) is 10.1 Å². The van der Waals surface area contributed by atoms with Gasteiger partial charge < -0.3 is 20.1 Å². The second-order valence-electron chi connectivity index (χ2n) is 3.88. The minimum absolute atomic E-state index is 0. The molecule has 1 aliphatic heterocycles. The van der Waals surface area contributed by atoms with E-state index in [1.807, 2.05) is 0 Å². The van der Waals surface area contributed by atoms with Gasteiger partial charge in [-0.3, -0.25) is 0 Å².